The zero-order valence-corrected chi connectivity index (χ0v) is 6.24. The molecule has 0 atom stereocenters. The van der Waals surface area contributed by atoms with Gasteiger partial charge in [-0.2, -0.15) is 0 Å². The zero-order valence-electron chi connectivity index (χ0n) is 6.24. The molecule has 0 saturated heterocycles. The lowest BCUT2D eigenvalue weighted by Gasteiger charge is -2.08. The fourth-order valence-corrected chi connectivity index (χ4v) is 1.22. The molecule has 2 heterocycles. The monoisotopic (exact) mass is 169 g/mol. The largest absolute Gasteiger partial charge is 0.476 e. The second kappa shape index (κ2) is 2.60. The lowest BCUT2D eigenvalue weighted by Crippen LogP contribution is -2.11. The summed E-state index contributed by atoms with van der Waals surface area (Å²) in [4.78, 5) is 10.6. The van der Waals surface area contributed by atoms with Crippen LogP contribution in [0.3, 0.4) is 0 Å². The summed E-state index contributed by atoms with van der Waals surface area (Å²) in [6, 6.07) is 0. The van der Waals surface area contributed by atoms with E-state index in [-0.39, 0.29) is 5.69 Å². The summed E-state index contributed by atoms with van der Waals surface area (Å²) in [6.45, 7) is 0.865. The van der Waals surface area contributed by atoms with Crippen LogP contribution in [0.25, 0.3) is 0 Å². The SMILES string of the molecule is O=C(O)c1noc2c1CCOC2. The van der Waals surface area contributed by atoms with Gasteiger partial charge in [-0.15, -0.1) is 0 Å². The molecule has 0 spiro atoms. The van der Waals surface area contributed by atoms with Crippen molar-refractivity contribution in [3.8, 4) is 0 Å². The molecule has 1 aromatic heterocycles. The Morgan fingerprint density at radius 1 is 1.58 bits per heavy atom. The molecule has 1 aliphatic rings. The Bertz CT molecular complexity index is 317. The van der Waals surface area contributed by atoms with Gasteiger partial charge in [0.05, 0.1) is 6.61 Å². The first-order chi connectivity index (χ1) is 5.79. The van der Waals surface area contributed by atoms with Crippen LogP contribution in [0, 0.1) is 0 Å². The number of nitrogens with zero attached hydrogens (tertiary/aromatic N) is 1. The molecular formula is C7H7NO4. The Hall–Kier alpha value is -1.36. The highest BCUT2D eigenvalue weighted by Crippen LogP contribution is 2.19. The summed E-state index contributed by atoms with van der Waals surface area (Å²) in [5, 5.41) is 12.1. The molecule has 0 amide bonds. The smallest absolute Gasteiger partial charge is 0.358 e. The van der Waals surface area contributed by atoms with E-state index in [0.29, 0.717) is 31.0 Å². The molecule has 2 rings (SSSR count). The van der Waals surface area contributed by atoms with E-state index in [9.17, 15) is 4.79 Å². The number of hydrogen-bond acceptors (Lipinski definition) is 4. The van der Waals surface area contributed by atoms with Gasteiger partial charge in [-0.05, 0) is 0 Å². The first kappa shape index (κ1) is 7.30. The number of carbonyl (C=O) groups is 1. The number of fused-ring (bicyclic) bond motifs is 1. The highest BCUT2D eigenvalue weighted by Gasteiger charge is 2.23. The predicted octanol–water partition coefficient (Wildman–Crippen LogP) is 0.445. The number of aromatic carboxylic acids is 1. The Morgan fingerprint density at radius 3 is 3.17 bits per heavy atom. The quantitative estimate of drug-likeness (QED) is 0.660. The Kier molecular flexibility index (Phi) is 1.58. The third-order valence-corrected chi connectivity index (χ3v) is 1.80. The summed E-state index contributed by atoms with van der Waals surface area (Å²) < 4.78 is 9.85. The molecule has 5 heteroatoms. The van der Waals surface area contributed by atoms with Gasteiger partial charge in [-0.1, -0.05) is 5.16 Å². The second-order valence-corrected chi connectivity index (χ2v) is 2.54. The number of hydrogen-bond donors (Lipinski definition) is 1. The average Bonchev–Trinajstić information content (AvgIpc) is 2.47. The maximum atomic E-state index is 10.6. The van der Waals surface area contributed by atoms with Crippen LogP contribution in [-0.4, -0.2) is 22.8 Å². The first-order valence-electron chi connectivity index (χ1n) is 3.57. The van der Waals surface area contributed by atoms with Crippen LogP contribution in [0.5, 0.6) is 0 Å². The molecule has 1 aromatic rings. The first-order valence-corrected chi connectivity index (χ1v) is 3.57. The Labute approximate surface area is 67.9 Å². The van der Waals surface area contributed by atoms with E-state index in [4.69, 9.17) is 14.4 Å². The van der Waals surface area contributed by atoms with Crippen molar-refractivity contribution in [3.63, 3.8) is 0 Å². The van der Waals surface area contributed by atoms with Gasteiger partial charge < -0.3 is 14.4 Å². The van der Waals surface area contributed by atoms with Gasteiger partial charge >= 0.3 is 5.97 Å². The highest BCUT2D eigenvalue weighted by atomic mass is 16.5. The van der Waals surface area contributed by atoms with Crippen molar-refractivity contribution in [2.24, 2.45) is 0 Å². The topological polar surface area (TPSA) is 72.6 Å². The number of carboxylic acid groups (broad SMARTS) is 1. The maximum Gasteiger partial charge on any atom is 0.358 e. The minimum Gasteiger partial charge on any atom is -0.476 e. The van der Waals surface area contributed by atoms with Gasteiger partial charge in [0.1, 0.15) is 6.61 Å². The summed E-state index contributed by atoms with van der Waals surface area (Å²) in [6.07, 6.45) is 0.570. The van der Waals surface area contributed by atoms with Crippen LogP contribution in [0.2, 0.25) is 0 Å². The minimum absolute atomic E-state index is 0.0216. The van der Waals surface area contributed by atoms with Crippen LogP contribution >= 0.6 is 0 Å². The van der Waals surface area contributed by atoms with Gasteiger partial charge in [0.15, 0.2) is 11.5 Å². The Morgan fingerprint density at radius 2 is 2.42 bits per heavy atom. The number of carboxylic acids is 1. The van der Waals surface area contributed by atoms with Crippen molar-refractivity contribution in [1.29, 1.82) is 0 Å². The average molecular weight is 169 g/mol. The lowest BCUT2D eigenvalue weighted by atomic mass is 10.1. The number of ether oxygens (including phenoxy) is 1. The van der Waals surface area contributed by atoms with E-state index in [0.717, 1.165) is 0 Å². The van der Waals surface area contributed by atoms with E-state index in [1.54, 1.807) is 0 Å². The van der Waals surface area contributed by atoms with Gasteiger partial charge in [0.25, 0.3) is 0 Å². The summed E-state index contributed by atoms with van der Waals surface area (Å²) in [5.41, 5.74) is 0.696. The molecule has 0 bridgehead atoms. The van der Waals surface area contributed by atoms with E-state index in [1.165, 1.54) is 0 Å². The molecule has 1 aliphatic heterocycles. The molecule has 0 unspecified atom stereocenters. The Balaban J connectivity index is 2.44. The molecule has 64 valence electrons. The highest BCUT2D eigenvalue weighted by molar-refractivity contribution is 5.87. The fraction of sp³-hybridized carbons (Fsp3) is 0.429. The summed E-state index contributed by atoms with van der Waals surface area (Å²) in [5.74, 6) is -0.499. The van der Waals surface area contributed by atoms with Crippen LogP contribution < -0.4 is 0 Å². The summed E-state index contributed by atoms with van der Waals surface area (Å²) >= 11 is 0. The van der Waals surface area contributed by atoms with Crippen LogP contribution in [0.4, 0.5) is 0 Å². The molecule has 0 aromatic carbocycles. The maximum absolute atomic E-state index is 10.6. The minimum atomic E-state index is -1.04. The van der Waals surface area contributed by atoms with Crippen molar-refractivity contribution in [3.05, 3.63) is 17.0 Å². The van der Waals surface area contributed by atoms with Gasteiger partial charge in [-0.3, -0.25) is 0 Å². The predicted molar refractivity (Wildman–Crippen MR) is 36.8 cm³/mol. The molecule has 0 radical (unpaired) electrons. The van der Waals surface area contributed by atoms with Crippen molar-refractivity contribution in [2.45, 2.75) is 13.0 Å². The standard InChI is InChI=1S/C7H7NO4/c9-7(10)6-4-1-2-11-3-5(4)12-8-6/h1-3H2,(H,9,10). The third kappa shape index (κ3) is 0.984. The number of rotatable bonds is 1. The van der Waals surface area contributed by atoms with E-state index < -0.39 is 5.97 Å². The summed E-state index contributed by atoms with van der Waals surface area (Å²) in [7, 11) is 0. The van der Waals surface area contributed by atoms with E-state index in [2.05, 4.69) is 5.16 Å². The van der Waals surface area contributed by atoms with E-state index in [1.807, 2.05) is 0 Å². The second-order valence-electron chi connectivity index (χ2n) is 2.54. The third-order valence-electron chi connectivity index (χ3n) is 1.80. The van der Waals surface area contributed by atoms with Crippen LogP contribution in [0.15, 0.2) is 4.52 Å². The molecule has 0 fully saturated rings. The van der Waals surface area contributed by atoms with Crippen molar-refractivity contribution < 1.29 is 19.2 Å². The van der Waals surface area contributed by atoms with Crippen molar-refractivity contribution >= 4 is 5.97 Å². The van der Waals surface area contributed by atoms with Crippen molar-refractivity contribution in [2.75, 3.05) is 6.61 Å². The van der Waals surface area contributed by atoms with E-state index >= 15 is 0 Å². The van der Waals surface area contributed by atoms with Gasteiger partial charge in [-0.25, -0.2) is 4.79 Å². The van der Waals surface area contributed by atoms with Gasteiger partial charge in [0, 0.05) is 12.0 Å². The lowest BCUT2D eigenvalue weighted by molar-refractivity contribution is 0.0684. The molecule has 0 saturated carbocycles. The van der Waals surface area contributed by atoms with Crippen LogP contribution in [0.1, 0.15) is 21.8 Å². The molecule has 1 N–H and O–H groups in total. The van der Waals surface area contributed by atoms with Gasteiger partial charge in [0.2, 0.25) is 0 Å². The normalized spacial score (nSPS) is 15.7. The zero-order chi connectivity index (χ0) is 8.55. The molecule has 0 aliphatic carbocycles. The fourth-order valence-electron chi connectivity index (χ4n) is 1.22. The van der Waals surface area contributed by atoms with Crippen molar-refractivity contribution in [1.82, 2.24) is 5.16 Å². The molecular weight excluding hydrogens is 162 g/mol. The number of aromatic nitrogens is 1. The molecule has 12 heavy (non-hydrogen) atoms. The van der Waals surface area contributed by atoms with Crippen LogP contribution in [-0.2, 0) is 17.8 Å². The molecule has 5 nitrogen and oxygen atoms in total.